The molecule has 19 heavy (non-hydrogen) atoms. The smallest absolute Gasteiger partial charge is 0.276 e. The molecule has 0 aliphatic heterocycles. The van der Waals surface area contributed by atoms with Crippen molar-refractivity contribution in [2.75, 3.05) is 11.1 Å². The Balaban J connectivity index is 1.95. The summed E-state index contributed by atoms with van der Waals surface area (Å²) in [6.45, 7) is 0. The summed E-state index contributed by atoms with van der Waals surface area (Å²) >= 11 is 0. The number of aromatic amines is 1. The van der Waals surface area contributed by atoms with E-state index in [0.717, 1.165) is 10.9 Å². The molecule has 3 rings (SSSR count). The van der Waals surface area contributed by atoms with Crippen LogP contribution in [0.4, 0.5) is 11.4 Å². The molecule has 0 saturated heterocycles. The van der Waals surface area contributed by atoms with Gasteiger partial charge in [0, 0.05) is 5.39 Å². The average molecular weight is 252 g/mol. The van der Waals surface area contributed by atoms with Crippen molar-refractivity contribution in [3.63, 3.8) is 0 Å². The molecule has 0 aliphatic rings. The highest BCUT2D eigenvalue weighted by atomic mass is 16.1. The molecule has 5 heteroatoms. The molecule has 3 aromatic rings. The van der Waals surface area contributed by atoms with Crippen molar-refractivity contribution >= 4 is 28.2 Å². The second-order valence-corrected chi connectivity index (χ2v) is 4.16. The zero-order chi connectivity index (χ0) is 13.2. The molecule has 0 spiro atoms. The van der Waals surface area contributed by atoms with E-state index >= 15 is 0 Å². The molecule has 5 nitrogen and oxygen atoms in total. The molecular formula is C14H12N4O. The van der Waals surface area contributed by atoms with Crippen LogP contribution in [0.2, 0.25) is 0 Å². The highest BCUT2D eigenvalue weighted by molar-refractivity contribution is 6.11. The number of hydrogen-bond donors (Lipinski definition) is 3. The van der Waals surface area contributed by atoms with Crippen LogP contribution >= 0.6 is 0 Å². The largest absolute Gasteiger partial charge is 0.397 e. The van der Waals surface area contributed by atoms with Crippen LogP contribution in [0.25, 0.3) is 10.9 Å². The van der Waals surface area contributed by atoms with Crippen LogP contribution in [0.15, 0.2) is 48.5 Å². The van der Waals surface area contributed by atoms with Crippen molar-refractivity contribution in [3.05, 3.63) is 54.2 Å². The summed E-state index contributed by atoms with van der Waals surface area (Å²) in [5.74, 6) is -0.282. The van der Waals surface area contributed by atoms with E-state index in [0.29, 0.717) is 17.1 Å². The lowest BCUT2D eigenvalue weighted by atomic mass is 10.2. The molecule has 2 aromatic carbocycles. The number of benzene rings is 2. The van der Waals surface area contributed by atoms with Crippen molar-refractivity contribution < 1.29 is 4.79 Å². The Labute approximate surface area is 109 Å². The first-order chi connectivity index (χ1) is 9.25. The van der Waals surface area contributed by atoms with Crippen molar-refractivity contribution in [1.29, 1.82) is 0 Å². The van der Waals surface area contributed by atoms with Crippen LogP contribution < -0.4 is 11.1 Å². The molecule has 1 amide bonds. The molecule has 94 valence electrons. The van der Waals surface area contributed by atoms with Crippen molar-refractivity contribution in [3.8, 4) is 0 Å². The number of amides is 1. The zero-order valence-electron chi connectivity index (χ0n) is 10.1. The van der Waals surface area contributed by atoms with Gasteiger partial charge in [-0.3, -0.25) is 9.89 Å². The van der Waals surface area contributed by atoms with Crippen molar-refractivity contribution in [2.45, 2.75) is 0 Å². The number of carbonyl (C=O) groups excluding carboxylic acids is 1. The number of para-hydroxylation sites is 3. The number of hydrogen-bond acceptors (Lipinski definition) is 3. The Morgan fingerprint density at radius 2 is 1.84 bits per heavy atom. The molecule has 1 heterocycles. The maximum Gasteiger partial charge on any atom is 0.276 e. The van der Waals surface area contributed by atoms with Crippen LogP contribution in [-0.4, -0.2) is 16.1 Å². The third-order valence-corrected chi connectivity index (χ3v) is 2.89. The number of anilines is 2. The second kappa shape index (κ2) is 4.45. The first-order valence-corrected chi connectivity index (χ1v) is 5.84. The third-order valence-electron chi connectivity index (χ3n) is 2.89. The van der Waals surface area contributed by atoms with E-state index in [-0.39, 0.29) is 5.91 Å². The summed E-state index contributed by atoms with van der Waals surface area (Å²) in [6, 6.07) is 14.6. The number of nitrogens with one attached hydrogen (secondary N) is 2. The number of fused-ring (bicyclic) bond motifs is 1. The molecule has 4 N–H and O–H groups in total. The summed E-state index contributed by atoms with van der Waals surface area (Å²) in [5, 5.41) is 10.4. The number of rotatable bonds is 2. The Bertz CT molecular complexity index is 748. The molecule has 0 unspecified atom stereocenters. The van der Waals surface area contributed by atoms with Crippen LogP contribution in [0, 0.1) is 0 Å². The summed E-state index contributed by atoms with van der Waals surface area (Å²) < 4.78 is 0. The van der Waals surface area contributed by atoms with Gasteiger partial charge in [-0.2, -0.15) is 5.10 Å². The number of aromatic nitrogens is 2. The maximum absolute atomic E-state index is 12.2. The van der Waals surface area contributed by atoms with Gasteiger partial charge in [0.05, 0.1) is 16.9 Å². The van der Waals surface area contributed by atoms with Crippen molar-refractivity contribution in [1.82, 2.24) is 10.2 Å². The fourth-order valence-corrected chi connectivity index (χ4v) is 1.93. The minimum absolute atomic E-state index is 0.282. The highest BCUT2D eigenvalue weighted by Crippen LogP contribution is 2.20. The van der Waals surface area contributed by atoms with E-state index in [9.17, 15) is 4.79 Å². The first kappa shape index (κ1) is 11.3. The van der Waals surface area contributed by atoms with Gasteiger partial charge in [-0.1, -0.05) is 30.3 Å². The first-order valence-electron chi connectivity index (χ1n) is 5.84. The SMILES string of the molecule is Nc1ccccc1NC(=O)c1n[nH]c2ccccc12. The third kappa shape index (κ3) is 2.01. The van der Waals surface area contributed by atoms with Crippen LogP contribution in [0.5, 0.6) is 0 Å². The number of nitrogen functional groups attached to an aromatic ring is 1. The number of H-pyrrole nitrogens is 1. The van der Waals surface area contributed by atoms with Gasteiger partial charge >= 0.3 is 0 Å². The van der Waals surface area contributed by atoms with E-state index in [4.69, 9.17) is 5.73 Å². The predicted molar refractivity (Wildman–Crippen MR) is 74.9 cm³/mol. The molecule has 0 fully saturated rings. The number of carbonyl (C=O) groups is 1. The van der Waals surface area contributed by atoms with E-state index in [1.54, 1.807) is 12.1 Å². The minimum Gasteiger partial charge on any atom is -0.397 e. The van der Waals surface area contributed by atoms with E-state index in [1.807, 2.05) is 36.4 Å². The summed E-state index contributed by atoms with van der Waals surface area (Å²) in [5.41, 5.74) is 8.09. The number of nitrogens with two attached hydrogens (primary N) is 1. The van der Waals surface area contributed by atoms with E-state index in [2.05, 4.69) is 15.5 Å². The van der Waals surface area contributed by atoms with Gasteiger partial charge in [-0.25, -0.2) is 0 Å². The Hall–Kier alpha value is -2.82. The van der Waals surface area contributed by atoms with Gasteiger partial charge in [0.15, 0.2) is 5.69 Å². The normalized spacial score (nSPS) is 10.5. The van der Waals surface area contributed by atoms with Crippen LogP contribution in [-0.2, 0) is 0 Å². The van der Waals surface area contributed by atoms with Crippen molar-refractivity contribution in [2.24, 2.45) is 0 Å². The van der Waals surface area contributed by atoms with Gasteiger partial charge in [0.25, 0.3) is 5.91 Å². The van der Waals surface area contributed by atoms with E-state index < -0.39 is 0 Å². The lowest BCUT2D eigenvalue weighted by Gasteiger charge is -2.06. The van der Waals surface area contributed by atoms with Gasteiger partial charge in [-0.15, -0.1) is 0 Å². The molecular weight excluding hydrogens is 240 g/mol. The second-order valence-electron chi connectivity index (χ2n) is 4.16. The highest BCUT2D eigenvalue weighted by Gasteiger charge is 2.14. The molecule has 0 radical (unpaired) electrons. The fourth-order valence-electron chi connectivity index (χ4n) is 1.93. The fraction of sp³-hybridized carbons (Fsp3) is 0. The zero-order valence-corrected chi connectivity index (χ0v) is 10.1. The topological polar surface area (TPSA) is 83.8 Å². The Morgan fingerprint density at radius 3 is 2.68 bits per heavy atom. The quantitative estimate of drug-likeness (QED) is 0.612. The Kier molecular flexibility index (Phi) is 2.64. The predicted octanol–water partition coefficient (Wildman–Crippen LogP) is 2.40. The van der Waals surface area contributed by atoms with Gasteiger partial charge in [-0.05, 0) is 18.2 Å². The lowest BCUT2D eigenvalue weighted by molar-refractivity contribution is 0.102. The lowest BCUT2D eigenvalue weighted by Crippen LogP contribution is -2.13. The molecule has 0 aliphatic carbocycles. The van der Waals surface area contributed by atoms with Crippen LogP contribution in [0.3, 0.4) is 0 Å². The van der Waals surface area contributed by atoms with Gasteiger partial charge in [0.2, 0.25) is 0 Å². The number of nitrogens with zero attached hydrogens (tertiary/aromatic N) is 1. The van der Waals surface area contributed by atoms with Crippen LogP contribution in [0.1, 0.15) is 10.5 Å². The van der Waals surface area contributed by atoms with Gasteiger partial charge < -0.3 is 11.1 Å². The monoisotopic (exact) mass is 252 g/mol. The minimum atomic E-state index is -0.282. The van der Waals surface area contributed by atoms with Gasteiger partial charge in [0.1, 0.15) is 0 Å². The summed E-state index contributed by atoms with van der Waals surface area (Å²) in [7, 11) is 0. The molecule has 0 bridgehead atoms. The summed E-state index contributed by atoms with van der Waals surface area (Å²) in [6.07, 6.45) is 0. The van der Waals surface area contributed by atoms with E-state index in [1.165, 1.54) is 0 Å². The molecule has 0 atom stereocenters. The molecule has 0 saturated carbocycles. The average Bonchev–Trinajstić information content (AvgIpc) is 2.85. The Morgan fingerprint density at radius 1 is 1.11 bits per heavy atom. The standard InChI is InChI=1S/C14H12N4O/c15-10-6-2-4-8-12(10)16-14(19)13-9-5-1-3-7-11(9)17-18-13/h1-8H,15H2,(H,16,19)(H,17,18). The maximum atomic E-state index is 12.2. The molecule has 1 aromatic heterocycles. The summed E-state index contributed by atoms with van der Waals surface area (Å²) in [4.78, 5) is 12.2.